The summed E-state index contributed by atoms with van der Waals surface area (Å²) in [5.41, 5.74) is 8.47. The van der Waals surface area contributed by atoms with Gasteiger partial charge >= 0.3 is 6.09 Å². The molecule has 1 aliphatic carbocycles. The Balaban J connectivity index is 1.35. The van der Waals surface area contributed by atoms with Crippen LogP contribution in [0.2, 0.25) is 25.7 Å². The molecule has 6 rings (SSSR count). The van der Waals surface area contributed by atoms with Gasteiger partial charge in [0.05, 0.1) is 30.3 Å². The van der Waals surface area contributed by atoms with Crippen LogP contribution in [0.15, 0.2) is 48.7 Å². The summed E-state index contributed by atoms with van der Waals surface area (Å²) >= 11 is 0. The molecule has 0 spiro atoms. The van der Waals surface area contributed by atoms with E-state index in [0.29, 0.717) is 44.3 Å². The quantitative estimate of drug-likeness (QED) is 0.129. The molecule has 0 N–H and O–H groups in total. The highest BCUT2D eigenvalue weighted by Crippen LogP contribution is 2.42. The van der Waals surface area contributed by atoms with Gasteiger partial charge in [0.15, 0.2) is 0 Å². The zero-order valence-corrected chi connectivity index (χ0v) is 30.7. The molecule has 256 valence electrons. The Morgan fingerprint density at radius 1 is 1.12 bits per heavy atom. The molecule has 0 saturated heterocycles. The Hall–Kier alpha value is -4.53. The first-order valence-electron chi connectivity index (χ1n) is 17.0. The number of carbonyl (C=O) groups is 1. The highest BCUT2D eigenvalue weighted by molar-refractivity contribution is 6.76. The molecule has 3 aromatic heterocycles. The van der Waals surface area contributed by atoms with Crippen molar-refractivity contribution in [1.82, 2.24) is 24.6 Å². The largest absolute Gasteiger partial charge is 0.494 e. The summed E-state index contributed by atoms with van der Waals surface area (Å²) in [4.78, 5) is 24.4. The predicted molar refractivity (Wildman–Crippen MR) is 194 cm³/mol. The third kappa shape index (κ3) is 7.55. The van der Waals surface area contributed by atoms with Gasteiger partial charge in [-0.3, -0.25) is 4.98 Å². The van der Waals surface area contributed by atoms with Crippen LogP contribution in [-0.4, -0.2) is 71.2 Å². The lowest BCUT2D eigenvalue weighted by molar-refractivity contribution is 0.0270. The molecule has 0 saturated carbocycles. The van der Waals surface area contributed by atoms with Crippen molar-refractivity contribution in [2.75, 3.05) is 26.8 Å². The number of aromatic nitrogens is 4. The smallest absolute Gasteiger partial charge is 0.410 e. The molecule has 1 amide bonds. The van der Waals surface area contributed by atoms with Gasteiger partial charge in [0.25, 0.3) is 0 Å². The number of nitriles is 1. The first kappa shape index (κ1) is 34.3. The lowest BCUT2D eigenvalue weighted by Gasteiger charge is -2.29. The van der Waals surface area contributed by atoms with Crippen molar-refractivity contribution in [3.63, 3.8) is 0 Å². The topological polar surface area (TPSA) is 115 Å². The number of carbonyl (C=O) groups excluding carboxylic acids is 1. The van der Waals surface area contributed by atoms with Gasteiger partial charge in [0.1, 0.15) is 35.0 Å². The summed E-state index contributed by atoms with van der Waals surface area (Å²) in [7, 11) is 0.404. The highest BCUT2D eigenvalue weighted by Gasteiger charge is 2.28. The van der Waals surface area contributed by atoms with E-state index < -0.39 is 13.7 Å². The second-order valence-corrected chi connectivity index (χ2v) is 20.7. The molecule has 0 fully saturated rings. The number of benzene rings is 1. The summed E-state index contributed by atoms with van der Waals surface area (Å²) in [5, 5.41) is 14.8. The van der Waals surface area contributed by atoms with Crippen LogP contribution in [0.25, 0.3) is 39.1 Å². The van der Waals surface area contributed by atoms with Crippen LogP contribution >= 0.6 is 0 Å². The van der Waals surface area contributed by atoms with E-state index >= 15 is 0 Å². The number of pyridine rings is 2. The van der Waals surface area contributed by atoms with Crippen molar-refractivity contribution in [2.45, 2.75) is 84.0 Å². The van der Waals surface area contributed by atoms with Gasteiger partial charge in [-0.05, 0) is 74.9 Å². The van der Waals surface area contributed by atoms with E-state index in [1.165, 1.54) is 0 Å². The molecule has 1 unspecified atom stereocenters. The van der Waals surface area contributed by atoms with Crippen LogP contribution in [0.3, 0.4) is 0 Å². The molecule has 0 bridgehead atoms. The number of ether oxygens (including phenoxy) is 3. The van der Waals surface area contributed by atoms with E-state index in [4.69, 9.17) is 29.3 Å². The van der Waals surface area contributed by atoms with E-state index in [2.05, 4.69) is 37.8 Å². The van der Waals surface area contributed by atoms with Crippen molar-refractivity contribution in [1.29, 1.82) is 5.26 Å². The fourth-order valence-electron chi connectivity index (χ4n) is 6.38. The molecule has 1 aliphatic heterocycles. The van der Waals surface area contributed by atoms with E-state index in [1.54, 1.807) is 12.0 Å². The van der Waals surface area contributed by atoms with Gasteiger partial charge in [0.2, 0.25) is 0 Å². The van der Waals surface area contributed by atoms with Crippen LogP contribution in [0.4, 0.5) is 4.79 Å². The minimum Gasteiger partial charge on any atom is -0.494 e. The molecular formula is C38H46N6O4Si. The molecule has 1 atom stereocenters. The maximum absolute atomic E-state index is 12.5. The SMILES string of the molecule is COc1cc2c(nc1-c1cccc3c1CCC3C#N)c(-c1ccc(C3=CCN(C(=O)OC(C)(C)C)CC3)nc1)nn2COCC[Si](C)(C)C. The Morgan fingerprint density at radius 2 is 1.94 bits per heavy atom. The van der Waals surface area contributed by atoms with Crippen LogP contribution in [0.1, 0.15) is 56.4 Å². The van der Waals surface area contributed by atoms with Crippen LogP contribution in [0, 0.1) is 11.3 Å². The Labute approximate surface area is 289 Å². The average molecular weight is 679 g/mol. The van der Waals surface area contributed by atoms with Crippen LogP contribution in [-0.2, 0) is 22.6 Å². The van der Waals surface area contributed by atoms with E-state index in [0.717, 1.165) is 69.1 Å². The molecular weight excluding hydrogens is 633 g/mol. The molecule has 4 heterocycles. The van der Waals surface area contributed by atoms with Crippen LogP contribution < -0.4 is 4.74 Å². The minimum absolute atomic E-state index is 0.111. The Morgan fingerprint density at radius 3 is 2.59 bits per heavy atom. The molecule has 2 aliphatic rings. The molecule has 11 heteroatoms. The standard InChI is InChI=1S/C38H46N6O4Si/c1-38(2,3)48-37(45)43-17-15-25(16-18-43)31-14-12-27(23-40-31)34-36-32(44(42-34)24-47-19-20-49(5,6)7)21-33(46-4)35(41-36)30-10-8-9-28-26(22-39)11-13-29(28)30/h8-10,12,14-15,21,23,26H,11,13,16-20,24H2,1-7H3. The molecule has 10 nitrogen and oxygen atoms in total. The maximum atomic E-state index is 12.5. The van der Waals surface area contributed by atoms with Crippen LogP contribution in [0.5, 0.6) is 5.75 Å². The van der Waals surface area contributed by atoms with Crippen molar-refractivity contribution in [3.05, 3.63) is 65.5 Å². The van der Waals surface area contributed by atoms with Gasteiger partial charge in [0, 0.05) is 51.2 Å². The number of hydrogen-bond acceptors (Lipinski definition) is 8. The average Bonchev–Trinajstić information content (AvgIpc) is 3.66. The fraction of sp³-hybridized carbons (Fsp3) is 0.447. The summed E-state index contributed by atoms with van der Waals surface area (Å²) < 4.78 is 19.5. The number of amides is 1. The monoisotopic (exact) mass is 678 g/mol. The number of fused-ring (bicyclic) bond motifs is 2. The van der Waals surface area contributed by atoms with Gasteiger partial charge in [-0.25, -0.2) is 14.5 Å². The van der Waals surface area contributed by atoms with Gasteiger partial charge in [-0.15, -0.1) is 0 Å². The zero-order chi connectivity index (χ0) is 34.9. The summed E-state index contributed by atoms with van der Waals surface area (Å²) in [6, 6.07) is 15.7. The highest BCUT2D eigenvalue weighted by atomic mass is 28.3. The molecule has 4 aromatic rings. The van der Waals surface area contributed by atoms with Crippen molar-refractivity contribution < 1.29 is 19.0 Å². The first-order valence-corrected chi connectivity index (χ1v) is 20.7. The lowest BCUT2D eigenvalue weighted by Crippen LogP contribution is -2.39. The van der Waals surface area contributed by atoms with Crippen molar-refractivity contribution in [3.8, 4) is 34.3 Å². The number of nitrogens with zero attached hydrogens (tertiary/aromatic N) is 6. The third-order valence-corrected chi connectivity index (χ3v) is 10.7. The van der Waals surface area contributed by atoms with E-state index in [-0.39, 0.29) is 12.0 Å². The van der Waals surface area contributed by atoms with Gasteiger partial charge in [-0.2, -0.15) is 10.4 Å². The molecule has 1 aromatic carbocycles. The number of hydrogen-bond donors (Lipinski definition) is 0. The first-order chi connectivity index (χ1) is 23.3. The van der Waals surface area contributed by atoms with E-state index in [1.807, 2.05) is 62.0 Å². The minimum atomic E-state index is -1.26. The molecule has 0 radical (unpaired) electrons. The summed E-state index contributed by atoms with van der Waals surface area (Å²) in [5.74, 6) is 0.537. The Kier molecular flexibility index (Phi) is 9.64. The van der Waals surface area contributed by atoms with Crippen molar-refractivity contribution >= 4 is 30.8 Å². The summed E-state index contributed by atoms with van der Waals surface area (Å²) in [6.45, 7) is 14.7. The normalized spacial score (nSPS) is 16.3. The van der Waals surface area contributed by atoms with Gasteiger partial charge in [-0.1, -0.05) is 43.9 Å². The Bertz CT molecular complexity index is 1930. The third-order valence-electron chi connectivity index (χ3n) is 9.03. The number of methoxy groups -OCH3 is 1. The van der Waals surface area contributed by atoms with Crippen molar-refractivity contribution in [2.24, 2.45) is 0 Å². The summed E-state index contributed by atoms with van der Waals surface area (Å²) in [6.07, 6.45) is 5.91. The maximum Gasteiger partial charge on any atom is 0.410 e. The van der Waals surface area contributed by atoms with E-state index in [9.17, 15) is 10.1 Å². The number of rotatable bonds is 9. The predicted octanol–water partition coefficient (Wildman–Crippen LogP) is 8.06. The lowest BCUT2D eigenvalue weighted by atomic mass is 9.97. The zero-order valence-electron chi connectivity index (χ0n) is 29.7. The van der Waals surface area contributed by atoms with Gasteiger partial charge < -0.3 is 19.1 Å². The second kappa shape index (κ2) is 13.8. The second-order valence-electron chi connectivity index (χ2n) is 15.0. The fourth-order valence-corrected chi connectivity index (χ4v) is 7.13. The molecule has 49 heavy (non-hydrogen) atoms.